The molecule has 3 aromatic rings. The maximum absolute atomic E-state index is 13.0. The lowest BCUT2D eigenvalue weighted by Crippen LogP contribution is -2.51. The number of aryl methyl sites for hydroxylation is 1. The van der Waals surface area contributed by atoms with Gasteiger partial charge in [-0.05, 0) is 24.1 Å². The lowest BCUT2D eigenvalue weighted by atomic mass is 10.2. The third kappa shape index (κ3) is 5.13. The van der Waals surface area contributed by atoms with Crippen LogP contribution >= 0.6 is 11.6 Å². The molecule has 1 amide bonds. The van der Waals surface area contributed by atoms with Crippen molar-refractivity contribution in [2.45, 2.75) is 25.4 Å². The predicted molar refractivity (Wildman–Crippen MR) is 128 cm³/mol. The Morgan fingerprint density at radius 3 is 2.54 bits per heavy atom. The first-order chi connectivity index (χ1) is 17.5. The Hall–Kier alpha value is -3.59. The van der Waals surface area contributed by atoms with Crippen LogP contribution < -0.4 is 10.3 Å². The summed E-state index contributed by atoms with van der Waals surface area (Å²) in [6.45, 7) is 1.40. The van der Waals surface area contributed by atoms with Gasteiger partial charge in [-0.25, -0.2) is 14.3 Å². The fraction of sp³-hybridized carbons (Fsp3) is 0.333. The number of alkyl halides is 3. The first kappa shape index (κ1) is 26.5. The summed E-state index contributed by atoms with van der Waals surface area (Å²) in [6, 6.07) is 5.98. The van der Waals surface area contributed by atoms with Crippen LogP contribution in [0.1, 0.15) is 28.7 Å². The fourth-order valence-electron chi connectivity index (χ4n) is 3.66. The molecule has 0 aliphatic carbocycles. The third-order valence-corrected chi connectivity index (χ3v) is 7.16. The molecule has 11 nitrogen and oxygen atoms in total. The molecule has 0 radical (unpaired) electrons. The molecule has 1 N–H and O–H groups in total. The second-order valence-electron chi connectivity index (χ2n) is 7.78. The monoisotopic (exact) mass is 559 g/mol. The molecule has 4 rings (SSSR count). The van der Waals surface area contributed by atoms with Crippen LogP contribution in [-0.2, 0) is 27.7 Å². The topological polar surface area (TPSA) is 122 Å². The zero-order valence-electron chi connectivity index (χ0n) is 19.5. The number of fused-ring (bicyclic) bond motifs is 1. The maximum atomic E-state index is 13.0. The summed E-state index contributed by atoms with van der Waals surface area (Å²) >= 11 is 6.02. The normalized spacial score (nSPS) is 14.6. The molecular weight excluding hydrogens is 539 g/mol. The highest BCUT2D eigenvalue weighted by atomic mass is 35.5. The Kier molecular flexibility index (Phi) is 7.19. The lowest BCUT2D eigenvalue weighted by molar-refractivity contribution is -0.0477. The summed E-state index contributed by atoms with van der Waals surface area (Å²) in [4.78, 5) is 21.4. The van der Waals surface area contributed by atoms with Crippen molar-refractivity contribution >= 4 is 45.0 Å². The van der Waals surface area contributed by atoms with Crippen molar-refractivity contribution < 1.29 is 31.1 Å². The van der Waals surface area contributed by atoms with Crippen LogP contribution in [0.25, 0.3) is 5.78 Å². The summed E-state index contributed by atoms with van der Waals surface area (Å²) < 4.78 is 68.8. The Morgan fingerprint density at radius 1 is 1.22 bits per heavy atom. The van der Waals surface area contributed by atoms with Crippen molar-refractivity contribution in [3.8, 4) is 0 Å². The van der Waals surface area contributed by atoms with Gasteiger partial charge in [0.05, 0.1) is 42.8 Å². The number of carbonyl (C=O) groups excluding carboxylic acids is 1. The molecule has 1 aromatic carbocycles. The van der Waals surface area contributed by atoms with Crippen molar-refractivity contribution in [3.63, 3.8) is 0 Å². The molecule has 2 aromatic heterocycles. The van der Waals surface area contributed by atoms with Crippen LogP contribution in [0.4, 0.5) is 18.9 Å². The minimum atomic E-state index is -5.64. The molecule has 1 aliphatic rings. The number of amidine groups is 1. The van der Waals surface area contributed by atoms with Crippen molar-refractivity contribution in [1.82, 2.24) is 24.0 Å². The van der Waals surface area contributed by atoms with Crippen molar-refractivity contribution in [2.75, 3.05) is 25.2 Å². The highest BCUT2D eigenvalue weighted by Crippen LogP contribution is 2.29. The maximum Gasteiger partial charge on any atom is 0.516 e. The number of anilines is 1. The molecular formula is C21H21ClF3N7O4S. The minimum absolute atomic E-state index is 0.0841. The van der Waals surface area contributed by atoms with Crippen LogP contribution in [0.3, 0.4) is 0 Å². The molecule has 37 heavy (non-hydrogen) atoms. The largest absolute Gasteiger partial charge is 0.516 e. The number of hydrogen-bond acceptors (Lipinski definition) is 8. The molecule has 1 aliphatic heterocycles. The number of benzene rings is 1. The summed E-state index contributed by atoms with van der Waals surface area (Å²) in [5.74, 6) is -0.0105. The van der Waals surface area contributed by atoms with Crippen LogP contribution in [-0.4, -0.2) is 64.7 Å². The van der Waals surface area contributed by atoms with Gasteiger partial charge in [-0.2, -0.15) is 21.6 Å². The quantitative estimate of drug-likeness (QED) is 0.493. The molecule has 0 bridgehead atoms. The number of carbonyl (C=O) groups is 1. The Balaban J connectivity index is 1.47. The van der Waals surface area contributed by atoms with Gasteiger partial charge < -0.3 is 10.1 Å². The molecule has 198 valence electrons. The summed E-state index contributed by atoms with van der Waals surface area (Å²) in [5.41, 5.74) is -3.36. The van der Waals surface area contributed by atoms with Crippen molar-refractivity contribution in [3.05, 3.63) is 58.6 Å². The standard InChI is InChI=1S/C21H21ClF3N7O4S/c1-3-16-17(30-12-14(22)11-27-19(30)28-16)18(33)26-10-13-4-6-15(7-5-13)31-8-9-32(20(29-31)36-2)37(34,35)21(23,24)25/h4-7,11-12H,3,8-10H2,1-2H3,(H,26,33). The number of hydrogen-bond donors (Lipinski definition) is 1. The summed E-state index contributed by atoms with van der Waals surface area (Å²) in [5, 5.41) is 8.41. The first-order valence-corrected chi connectivity index (χ1v) is 12.7. The number of nitrogens with zero attached hydrogens (tertiary/aromatic N) is 6. The second-order valence-corrected chi connectivity index (χ2v) is 10.1. The van der Waals surface area contributed by atoms with Gasteiger partial charge in [0.2, 0.25) is 5.78 Å². The Bertz CT molecular complexity index is 1460. The van der Waals surface area contributed by atoms with Gasteiger partial charge in [0.1, 0.15) is 5.69 Å². The second kappa shape index (κ2) is 10.0. The smallest absolute Gasteiger partial charge is 0.467 e. The number of sulfonamides is 1. The zero-order valence-corrected chi connectivity index (χ0v) is 21.1. The van der Waals surface area contributed by atoms with Gasteiger partial charge in [-0.15, -0.1) is 5.10 Å². The number of aromatic nitrogens is 3. The SMILES string of the molecule is CCc1nc2ncc(Cl)cn2c1C(=O)NCc1ccc(N2CCN(S(=O)(=O)C(F)(F)F)C(OC)=N2)cc1. The van der Waals surface area contributed by atoms with Gasteiger partial charge in [0.25, 0.3) is 5.91 Å². The summed E-state index contributed by atoms with van der Waals surface area (Å²) in [6.07, 6.45) is 3.52. The minimum Gasteiger partial charge on any atom is -0.467 e. The number of halogens is 4. The highest BCUT2D eigenvalue weighted by molar-refractivity contribution is 7.90. The molecule has 0 spiro atoms. The average Bonchev–Trinajstić information content (AvgIpc) is 3.24. The molecule has 3 heterocycles. The van der Waals surface area contributed by atoms with Crippen LogP contribution in [0, 0.1) is 0 Å². The number of ether oxygens (including phenoxy) is 1. The van der Waals surface area contributed by atoms with Gasteiger partial charge in [-0.1, -0.05) is 30.7 Å². The van der Waals surface area contributed by atoms with Gasteiger partial charge in [0, 0.05) is 12.7 Å². The number of nitrogens with one attached hydrogen (secondary N) is 1. The van der Waals surface area contributed by atoms with E-state index in [1.54, 1.807) is 30.5 Å². The highest BCUT2D eigenvalue weighted by Gasteiger charge is 2.52. The van der Waals surface area contributed by atoms with E-state index in [0.29, 0.717) is 34.3 Å². The van der Waals surface area contributed by atoms with E-state index in [4.69, 9.17) is 16.3 Å². The van der Waals surface area contributed by atoms with E-state index in [1.165, 1.54) is 15.6 Å². The van der Waals surface area contributed by atoms with E-state index in [-0.39, 0.29) is 23.3 Å². The van der Waals surface area contributed by atoms with Crippen molar-refractivity contribution in [2.24, 2.45) is 5.10 Å². The molecule has 16 heteroatoms. The van der Waals surface area contributed by atoms with Crippen LogP contribution in [0.2, 0.25) is 5.02 Å². The van der Waals surface area contributed by atoms with Gasteiger partial charge >= 0.3 is 21.6 Å². The Labute approximate surface area is 214 Å². The van der Waals surface area contributed by atoms with E-state index in [9.17, 15) is 26.4 Å². The number of imidazole rings is 1. The van der Waals surface area contributed by atoms with E-state index < -0.39 is 28.1 Å². The van der Waals surface area contributed by atoms with Gasteiger partial charge in [0.15, 0.2) is 0 Å². The molecule has 0 atom stereocenters. The number of hydrazone groups is 1. The fourth-order valence-corrected chi connectivity index (χ4v) is 4.69. The number of methoxy groups -OCH3 is 1. The predicted octanol–water partition coefficient (Wildman–Crippen LogP) is 2.76. The average molecular weight is 560 g/mol. The molecule has 0 saturated carbocycles. The Morgan fingerprint density at radius 2 is 1.92 bits per heavy atom. The van der Waals surface area contributed by atoms with Crippen LogP contribution in [0.15, 0.2) is 41.8 Å². The van der Waals surface area contributed by atoms with E-state index in [0.717, 1.165) is 12.7 Å². The zero-order chi connectivity index (χ0) is 27.0. The van der Waals surface area contributed by atoms with Crippen molar-refractivity contribution in [1.29, 1.82) is 0 Å². The summed E-state index contributed by atoms with van der Waals surface area (Å²) in [7, 11) is -4.60. The first-order valence-electron chi connectivity index (χ1n) is 10.8. The van der Waals surface area contributed by atoms with Gasteiger partial charge in [-0.3, -0.25) is 14.2 Å². The third-order valence-electron chi connectivity index (χ3n) is 5.46. The molecule has 0 saturated heterocycles. The number of rotatable bonds is 6. The molecule has 0 fully saturated rings. The number of amides is 1. The molecule has 0 unspecified atom stereocenters. The van der Waals surface area contributed by atoms with E-state index >= 15 is 0 Å². The van der Waals surface area contributed by atoms with E-state index in [1.807, 2.05) is 6.92 Å². The van der Waals surface area contributed by atoms with E-state index in [2.05, 4.69) is 20.4 Å². The lowest BCUT2D eigenvalue weighted by Gasteiger charge is -2.32. The van der Waals surface area contributed by atoms with Crippen LogP contribution in [0.5, 0.6) is 0 Å².